The number of nitrogens with zero attached hydrogens (tertiary/aromatic N) is 1. The number of halogens is 1. The summed E-state index contributed by atoms with van der Waals surface area (Å²) in [6.45, 7) is 0. The van der Waals surface area contributed by atoms with E-state index in [4.69, 9.17) is 11.6 Å². The molecule has 1 nitrogen and oxygen atoms in total. The highest BCUT2D eigenvalue weighted by molar-refractivity contribution is 7.99. The monoisotopic (exact) mass is 399 g/mol. The average molecular weight is 400 g/mol. The van der Waals surface area contributed by atoms with E-state index in [1.165, 1.54) is 20.9 Å². The summed E-state index contributed by atoms with van der Waals surface area (Å²) in [5.41, 5.74) is 4.43. The molecule has 0 unspecified atom stereocenters. The quantitative estimate of drug-likeness (QED) is 0.310. The van der Waals surface area contributed by atoms with Gasteiger partial charge in [0.2, 0.25) is 0 Å². The minimum atomic E-state index is 0.757. The second-order valence-electron chi connectivity index (χ2n) is 6.30. The third kappa shape index (κ3) is 4.92. The summed E-state index contributed by atoms with van der Waals surface area (Å²) in [4.78, 5) is 6.95. The highest BCUT2D eigenvalue weighted by atomic mass is 35.5. The second kappa shape index (κ2) is 8.92. The van der Waals surface area contributed by atoms with Crippen LogP contribution in [0, 0.1) is 0 Å². The maximum Gasteiger partial charge on any atom is 0.0630 e. The molecule has 0 bridgehead atoms. The fourth-order valence-electron chi connectivity index (χ4n) is 2.78. The molecule has 0 fully saturated rings. The standard InChI is InChI=1S/C25H18ClNS/c26-22-10-16-25(17-11-22)28-24-14-6-19(7-15-24)18-27-23-12-8-21(9-13-23)20-4-2-1-3-5-20/h1-18H. The van der Waals surface area contributed by atoms with Gasteiger partial charge in [-0.2, -0.15) is 0 Å². The summed E-state index contributed by atoms with van der Waals surface area (Å²) in [5, 5.41) is 0.757. The van der Waals surface area contributed by atoms with E-state index in [1.807, 2.05) is 48.7 Å². The van der Waals surface area contributed by atoms with Crippen molar-refractivity contribution in [3.8, 4) is 11.1 Å². The van der Waals surface area contributed by atoms with Crippen LogP contribution in [-0.4, -0.2) is 6.21 Å². The molecule has 0 heterocycles. The smallest absolute Gasteiger partial charge is 0.0630 e. The zero-order valence-corrected chi connectivity index (χ0v) is 16.7. The minimum Gasteiger partial charge on any atom is -0.256 e. The molecule has 136 valence electrons. The molecule has 0 aliphatic carbocycles. The molecule has 0 spiro atoms. The van der Waals surface area contributed by atoms with Crippen molar-refractivity contribution in [3.63, 3.8) is 0 Å². The third-order valence-electron chi connectivity index (χ3n) is 4.27. The van der Waals surface area contributed by atoms with E-state index in [9.17, 15) is 0 Å². The number of rotatable bonds is 5. The first-order chi connectivity index (χ1) is 13.8. The molecule has 0 radical (unpaired) electrons. The molecule has 28 heavy (non-hydrogen) atoms. The van der Waals surface area contributed by atoms with E-state index in [0.717, 1.165) is 16.3 Å². The van der Waals surface area contributed by atoms with E-state index in [-0.39, 0.29) is 0 Å². The zero-order chi connectivity index (χ0) is 19.2. The predicted octanol–water partition coefficient (Wildman–Crippen LogP) is 7.91. The molecule has 0 N–H and O–H groups in total. The number of hydrogen-bond donors (Lipinski definition) is 0. The Bertz CT molecular complexity index is 1050. The number of aliphatic imine (C=N–C) groups is 1. The molecule has 4 aromatic rings. The highest BCUT2D eigenvalue weighted by Crippen LogP contribution is 2.28. The van der Waals surface area contributed by atoms with Crippen molar-refractivity contribution >= 4 is 35.3 Å². The van der Waals surface area contributed by atoms with Gasteiger partial charge in [0.25, 0.3) is 0 Å². The van der Waals surface area contributed by atoms with Crippen LogP contribution in [0.5, 0.6) is 0 Å². The Kier molecular flexibility index (Phi) is 5.91. The third-order valence-corrected chi connectivity index (χ3v) is 5.53. The Morgan fingerprint density at radius 3 is 1.82 bits per heavy atom. The lowest BCUT2D eigenvalue weighted by atomic mass is 10.1. The molecule has 4 aromatic carbocycles. The molecular weight excluding hydrogens is 382 g/mol. The Morgan fingerprint density at radius 2 is 1.18 bits per heavy atom. The second-order valence-corrected chi connectivity index (χ2v) is 7.88. The van der Waals surface area contributed by atoms with Gasteiger partial charge in [-0.15, -0.1) is 0 Å². The first kappa shape index (κ1) is 18.5. The molecular formula is C25H18ClNS. The van der Waals surface area contributed by atoms with Crippen molar-refractivity contribution in [2.45, 2.75) is 9.79 Å². The first-order valence-electron chi connectivity index (χ1n) is 8.99. The van der Waals surface area contributed by atoms with E-state index < -0.39 is 0 Å². The van der Waals surface area contributed by atoms with Crippen molar-refractivity contribution in [2.75, 3.05) is 0 Å². The number of benzene rings is 4. The van der Waals surface area contributed by atoms with Crippen molar-refractivity contribution in [2.24, 2.45) is 4.99 Å². The number of hydrogen-bond acceptors (Lipinski definition) is 2. The van der Waals surface area contributed by atoms with E-state index >= 15 is 0 Å². The van der Waals surface area contributed by atoms with Gasteiger partial charge in [-0.1, -0.05) is 78.0 Å². The first-order valence-corrected chi connectivity index (χ1v) is 10.2. The topological polar surface area (TPSA) is 12.4 Å². The maximum atomic E-state index is 5.94. The van der Waals surface area contributed by atoms with Gasteiger partial charge in [-0.05, 0) is 65.2 Å². The van der Waals surface area contributed by atoms with Crippen LogP contribution in [0.25, 0.3) is 11.1 Å². The normalized spacial score (nSPS) is 11.0. The van der Waals surface area contributed by atoms with Crippen molar-refractivity contribution < 1.29 is 0 Å². The van der Waals surface area contributed by atoms with Gasteiger partial charge in [0.1, 0.15) is 0 Å². The van der Waals surface area contributed by atoms with Crippen LogP contribution in [0.2, 0.25) is 5.02 Å². The molecule has 0 aliphatic heterocycles. The lowest BCUT2D eigenvalue weighted by Crippen LogP contribution is -1.81. The van der Waals surface area contributed by atoms with Gasteiger partial charge >= 0.3 is 0 Å². The summed E-state index contributed by atoms with van der Waals surface area (Å²) in [5.74, 6) is 0. The summed E-state index contributed by atoms with van der Waals surface area (Å²) < 4.78 is 0. The molecule has 0 aromatic heterocycles. The van der Waals surface area contributed by atoms with Gasteiger partial charge in [-0.3, -0.25) is 4.99 Å². The lowest BCUT2D eigenvalue weighted by molar-refractivity contribution is 1.40. The van der Waals surface area contributed by atoms with Crippen LogP contribution in [0.4, 0.5) is 5.69 Å². The zero-order valence-electron chi connectivity index (χ0n) is 15.1. The summed E-state index contributed by atoms with van der Waals surface area (Å²) in [6.07, 6.45) is 1.90. The molecule has 0 amide bonds. The SMILES string of the molecule is Clc1ccc(Sc2ccc(C=Nc3ccc(-c4ccccc4)cc3)cc2)cc1. The largest absolute Gasteiger partial charge is 0.256 e. The maximum absolute atomic E-state index is 5.94. The van der Waals surface area contributed by atoms with Crippen LogP contribution < -0.4 is 0 Å². The summed E-state index contributed by atoms with van der Waals surface area (Å²) in [6, 6.07) is 34.9. The summed E-state index contributed by atoms with van der Waals surface area (Å²) in [7, 11) is 0. The molecule has 0 atom stereocenters. The molecule has 0 saturated carbocycles. The highest BCUT2D eigenvalue weighted by Gasteiger charge is 1.99. The van der Waals surface area contributed by atoms with Crippen LogP contribution in [0.3, 0.4) is 0 Å². The van der Waals surface area contributed by atoms with Gasteiger partial charge < -0.3 is 0 Å². The fourth-order valence-corrected chi connectivity index (χ4v) is 3.72. The van der Waals surface area contributed by atoms with E-state index in [1.54, 1.807) is 11.8 Å². The average Bonchev–Trinajstić information content (AvgIpc) is 2.76. The molecule has 0 saturated heterocycles. The molecule has 4 rings (SSSR count). The Labute approximate surface area is 174 Å². The minimum absolute atomic E-state index is 0.757. The molecule has 3 heteroatoms. The van der Waals surface area contributed by atoms with Crippen LogP contribution in [-0.2, 0) is 0 Å². The van der Waals surface area contributed by atoms with Crippen molar-refractivity contribution in [1.29, 1.82) is 0 Å². The van der Waals surface area contributed by atoms with Crippen LogP contribution in [0.1, 0.15) is 5.56 Å². The molecule has 0 aliphatic rings. The van der Waals surface area contributed by atoms with Gasteiger partial charge in [0, 0.05) is 21.0 Å². The lowest BCUT2D eigenvalue weighted by Gasteiger charge is -2.03. The van der Waals surface area contributed by atoms with Crippen molar-refractivity contribution in [3.05, 3.63) is 114 Å². The van der Waals surface area contributed by atoms with Gasteiger partial charge in [0.15, 0.2) is 0 Å². The fraction of sp³-hybridized carbons (Fsp3) is 0. The van der Waals surface area contributed by atoms with Gasteiger partial charge in [0.05, 0.1) is 5.69 Å². The Balaban J connectivity index is 1.41. The Morgan fingerprint density at radius 1 is 0.607 bits per heavy atom. The van der Waals surface area contributed by atoms with Gasteiger partial charge in [-0.25, -0.2) is 0 Å². The summed E-state index contributed by atoms with van der Waals surface area (Å²) >= 11 is 7.65. The van der Waals surface area contributed by atoms with Crippen LogP contribution in [0.15, 0.2) is 118 Å². The van der Waals surface area contributed by atoms with Crippen molar-refractivity contribution in [1.82, 2.24) is 0 Å². The van der Waals surface area contributed by atoms with E-state index in [2.05, 4.69) is 65.7 Å². The Hall–Kier alpha value is -2.81. The van der Waals surface area contributed by atoms with E-state index in [0.29, 0.717) is 0 Å². The predicted molar refractivity (Wildman–Crippen MR) is 121 cm³/mol. The van der Waals surface area contributed by atoms with Crippen LogP contribution >= 0.6 is 23.4 Å².